The molecule has 2 aliphatic rings. The minimum absolute atomic E-state index is 0.0441. The molecule has 4 nitrogen and oxygen atoms in total. The molecular weight excluding hydrogens is 358 g/mol. The van der Waals surface area contributed by atoms with E-state index in [1.165, 1.54) is 10.9 Å². The molecule has 0 aliphatic carbocycles. The van der Waals surface area contributed by atoms with Crippen LogP contribution < -0.4 is 15.0 Å². The highest BCUT2D eigenvalue weighted by molar-refractivity contribution is 6.16. The van der Waals surface area contributed by atoms with Crippen LogP contribution in [0, 0.1) is 0 Å². The second kappa shape index (κ2) is 6.11. The molecule has 0 amide bonds. The lowest BCUT2D eigenvalue weighted by Gasteiger charge is -2.33. The van der Waals surface area contributed by atoms with E-state index in [0.717, 1.165) is 39.6 Å². The fourth-order valence-corrected chi connectivity index (χ4v) is 4.29. The zero-order valence-electron chi connectivity index (χ0n) is 16.0. The fraction of sp³-hybridized carbons (Fsp3) is 0.0800. The SMILES string of the molecule is COc1ccc2cc(C3=Nc4ccccc4C4Nc5ccccc5N34)ccc2c1. The molecule has 0 saturated carbocycles. The minimum Gasteiger partial charge on any atom is -0.497 e. The Morgan fingerprint density at radius 2 is 1.66 bits per heavy atom. The molecule has 2 heterocycles. The lowest BCUT2D eigenvalue weighted by atomic mass is 10.0. The number of hydrogen-bond acceptors (Lipinski definition) is 4. The van der Waals surface area contributed by atoms with Gasteiger partial charge in [0.2, 0.25) is 0 Å². The van der Waals surface area contributed by atoms with E-state index in [-0.39, 0.29) is 6.17 Å². The molecule has 4 heteroatoms. The molecule has 1 atom stereocenters. The summed E-state index contributed by atoms with van der Waals surface area (Å²) in [5, 5.41) is 6.00. The lowest BCUT2D eigenvalue weighted by molar-refractivity contribution is 0.415. The molecule has 4 aromatic rings. The standard InChI is InChI=1S/C25H19N3O/c1-29-19-13-12-16-14-18(11-10-17(16)15-19)24-26-21-7-3-2-6-20(21)25-27-22-8-4-5-9-23(22)28(24)25/h2-15,25,27H,1H3. The van der Waals surface area contributed by atoms with E-state index in [4.69, 9.17) is 9.73 Å². The number of nitrogens with one attached hydrogen (secondary N) is 1. The summed E-state index contributed by atoms with van der Waals surface area (Å²) in [5.74, 6) is 1.83. The summed E-state index contributed by atoms with van der Waals surface area (Å²) in [4.78, 5) is 7.38. The summed E-state index contributed by atoms with van der Waals surface area (Å²) in [6.45, 7) is 0. The maximum atomic E-state index is 5.36. The number of fused-ring (bicyclic) bond motifs is 6. The molecule has 6 rings (SSSR count). The van der Waals surface area contributed by atoms with Crippen LogP contribution in [0.4, 0.5) is 17.1 Å². The van der Waals surface area contributed by atoms with E-state index >= 15 is 0 Å². The van der Waals surface area contributed by atoms with Crippen molar-refractivity contribution < 1.29 is 4.74 Å². The number of anilines is 2. The van der Waals surface area contributed by atoms with Crippen molar-refractivity contribution in [3.63, 3.8) is 0 Å². The van der Waals surface area contributed by atoms with Gasteiger partial charge in [-0.15, -0.1) is 0 Å². The van der Waals surface area contributed by atoms with Gasteiger partial charge in [-0.05, 0) is 47.2 Å². The van der Waals surface area contributed by atoms with Gasteiger partial charge in [0.25, 0.3) is 0 Å². The molecular formula is C25H19N3O. The first-order valence-electron chi connectivity index (χ1n) is 9.72. The van der Waals surface area contributed by atoms with Crippen LogP contribution in [-0.4, -0.2) is 12.9 Å². The van der Waals surface area contributed by atoms with Gasteiger partial charge >= 0.3 is 0 Å². The molecule has 0 aromatic heterocycles. The van der Waals surface area contributed by atoms with Crippen LogP contribution in [0.2, 0.25) is 0 Å². The van der Waals surface area contributed by atoms with Gasteiger partial charge < -0.3 is 10.1 Å². The average Bonchev–Trinajstić information content (AvgIpc) is 3.18. The van der Waals surface area contributed by atoms with Gasteiger partial charge in [-0.25, -0.2) is 4.99 Å². The molecule has 0 spiro atoms. The summed E-state index contributed by atoms with van der Waals surface area (Å²) in [5.41, 5.74) is 5.59. The third kappa shape index (κ3) is 2.42. The van der Waals surface area contributed by atoms with Crippen molar-refractivity contribution in [2.24, 2.45) is 4.99 Å². The predicted molar refractivity (Wildman–Crippen MR) is 118 cm³/mol. The Balaban J connectivity index is 1.56. The highest BCUT2D eigenvalue weighted by Crippen LogP contribution is 2.47. The number of aliphatic imine (C=N–C) groups is 1. The number of para-hydroxylation sites is 3. The maximum Gasteiger partial charge on any atom is 0.143 e. The number of ether oxygens (including phenoxy) is 1. The molecule has 2 aliphatic heterocycles. The van der Waals surface area contributed by atoms with Crippen molar-refractivity contribution >= 4 is 33.7 Å². The molecule has 140 valence electrons. The Morgan fingerprint density at radius 1 is 0.862 bits per heavy atom. The third-order valence-corrected chi connectivity index (χ3v) is 5.71. The van der Waals surface area contributed by atoms with Crippen LogP contribution in [0.25, 0.3) is 10.8 Å². The molecule has 29 heavy (non-hydrogen) atoms. The Bertz CT molecular complexity index is 1290. The zero-order valence-corrected chi connectivity index (χ0v) is 16.0. The van der Waals surface area contributed by atoms with Crippen molar-refractivity contribution in [3.8, 4) is 5.75 Å². The summed E-state index contributed by atoms with van der Waals surface area (Å²) in [6.07, 6.45) is 0.0441. The Morgan fingerprint density at radius 3 is 2.59 bits per heavy atom. The summed E-state index contributed by atoms with van der Waals surface area (Å²) < 4.78 is 5.36. The van der Waals surface area contributed by atoms with Gasteiger partial charge in [-0.3, -0.25) is 4.90 Å². The van der Waals surface area contributed by atoms with Gasteiger partial charge in [0.1, 0.15) is 17.8 Å². The lowest BCUT2D eigenvalue weighted by Crippen LogP contribution is -2.37. The van der Waals surface area contributed by atoms with Crippen molar-refractivity contribution in [2.45, 2.75) is 6.17 Å². The van der Waals surface area contributed by atoms with Crippen LogP contribution in [0.5, 0.6) is 5.75 Å². The van der Waals surface area contributed by atoms with Crippen molar-refractivity contribution in [1.82, 2.24) is 0 Å². The van der Waals surface area contributed by atoms with E-state index in [0.29, 0.717) is 0 Å². The largest absolute Gasteiger partial charge is 0.497 e. The van der Waals surface area contributed by atoms with Gasteiger partial charge in [0.15, 0.2) is 0 Å². The van der Waals surface area contributed by atoms with Crippen molar-refractivity contribution in [1.29, 1.82) is 0 Å². The van der Waals surface area contributed by atoms with Crippen LogP contribution in [-0.2, 0) is 0 Å². The first-order chi connectivity index (χ1) is 14.3. The Kier molecular flexibility index (Phi) is 3.41. The monoisotopic (exact) mass is 377 g/mol. The maximum absolute atomic E-state index is 5.36. The Hall–Kier alpha value is -3.79. The number of nitrogens with zero attached hydrogens (tertiary/aromatic N) is 2. The number of benzene rings is 4. The van der Waals surface area contributed by atoms with E-state index in [1.807, 2.05) is 12.1 Å². The summed E-state index contributed by atoms with van der Waals surface area (Å²) >= 11 is 0. The quantitative estimate of drug-likeness (QED) is 0.475. The van der Waals surface area contributed by atoms with Crippen LogP contribution in [0.3, 0.4) is 0 Å². The minimum atomic E-state index is 0.0441. The van der Waals surface area contributed by atoms with Crippen LogP contribution in [0.15, 0.2) is 89.9 Å². The third-order valence-electron chi connectivity index (χ3n) is 5.71. The van der Waals surface area contributed by atoms with Gasteiger partial charge in [-0.2, -0.15) is 0 Å². The van der Waals surface area contributed by atoms with Crippen LogP contribution in [0.1, 0.15) is 17.3 Å². The van der Waals surface area contributed by atoms with E-state index in [1.54, 1.807) is 7.11 Å². The smallest absolute Gasteiger partial charge is 0.143 e. The molecule has 0 bridgehead atoms. The van der Waals surface area contributed by atoms with Gasteiger partial charge in [0, 0.05) is 11.1 Å². The molecule has 0 radical (unpaired) electrons. The number of methoxy groups -OCH3 is 1. The highest BCUT2D eigenvalue weighted by atomic mass is 16.5. The predicted octanol–water partition coefficient (Wildman–Crippen LogP) is 5.87. The summed E-state index contributed by atoms with van der Waals surface area (Å²) in [7, 11) is 1.70. The number of hydrogen-bond donors (Lipinski definition) is 1. The fourth-order valence-electron chi connectivity index (χ4n) is 4.29. The highest BCUT2D eigenvalue weighted by Gasteiger charge is 2.37. The molecule has 1 unspecified atom stereocenters. The van der Waals surface area contributed by atoms with Gasteiger partial charge in [0.05, 0.1) is 24.2 Å². The number of amidine groups is 1. The molecule has 0 fully saturated rings. The average molecular weight is 377 g/mol. The summed E-state index contributed by atoms with van der Waals surface area (Å²) in [6, 6.07) is 29.4. The van der Waals surface area contributed by atoms with E-state index in [9.17, 15) is 0 Å². The second-order valence-corrected chi connectivity index (χ2v) is 7.36. The first-order valence-corrected chi connectivity index (χ1v) is 9.72. The second-order valence-electron chi connectivity index (χ2n) is 7.36. The Labute approximate surface area is 169 Å². The van der Waals surface area contributed by atoms with Crippen molar-refractivity contribution in [2.75, 3.05) is 17.3 Å². The first kappa shape index (κ1) is 16.2. The van der Waals surface area contributed by atoms with E-state index in [2.05, 4.69) is 83.0 Å². The van der Waals surface area contributed by atoms with Crippen LogP contribution >= 0.6 is 0 Å². The molecule has 0 saturated heterocycles. The van der Waals surface area contributed by atoms with Gasteiger partial charge in [-0.1, -0.05) is 48.5 Å². The zero-order chi connectivity index (χ0) is 19.4. The van der Waals surface area contributed by atoms with Crippen molar-refractivity contribution in [3.05, 3.63) is 96.1 Å². The molecule has 4 aromatic carbocycles. The van der Waals surface area contributed by atoms with E-state index < -0.39 is 0 Å². The molecule has 1 N–H and O–H groups in total. The number of rotatable bonds is 2. The normalized spacial score (nSPS) is 16.5. The topological polar surface area (TPSA) is 36.9 Å².